The van der Waals surface area contributed by atoms with Crippen LogP contribution < -0.4 is 10.6 Å². The molecule has 3 heterocycles. The summed E-state index contributed by atoms with van der Waals surface area (Å²) in [6.45, 7) is 6.93. The number of piperidine rings is 1. The second-order valence-corrected chi connectivity index (χ2v) is 6.71. The van der Waals surface area contributed by atoms with Gasteiger partial charge in [-0.2, -0.15) is 5.10 Å². The van der Waals surface area contributed by atoms with Gasteiger partial charge in [-0.05, 0) is 58.4 Å². The molecule has 1 aliphatic rings. The molecule has 2 aromatic rings. The molecule has 24 heavy (non-hydrogen) atoms. The molecule has 7 heteroatoms. The standard InChI is InChI=1S/C17H22ClN5O/c1-10-9-11(2)23(22-10)15-7-6-13(18)16(21-15)17(24)20-14-5-4-8-19-12(14)3/h6-7,9,12,14,19H,4-5,8H2,1-3H3,(H,20,24). The van der Waals surface area contributed by atoms with E-state index in [2.05, 4.69) is 27.6 Å². The Labute approximate surface area is 146 Å². The normalized spacial score (nSPS) is 20.8. The highest BCUT2D eigenvalue weighted by molar-refractivity contribution is 6.33. The molecule has 2 N–H and O–H groups in total. The van der Waals surface area contributed by atoms with Gasteiger partial charge in [0.15, 0.2) is 5.82 Å². The number of carbonyl (C=O) groups excluding carboxylic acids is 1. The summed E-state index contributed by atoms with van der Waals surface area (Å²) in [5.41, 5.74) is 2.09. The molecule has 2 unspecified atom stereocenters. The molecule has 128 valence electrons. The van der Waals surface area contributed by atoms with Crippen LogP contribution in [0.3, 0.4) is 0 Å². The molecular weight excluding hydrogens is 326 g/mol. The molecule has 1 aliphatic heterocycles. The quantitative estimate of drug-likeness (QED) is 0.894. The number of hydrogen-bond donors (Lipinski definition) is 2. The number of amides is 1. The summed E-state index contributed by atoms with van der Waals surface area (Å²) in [4.78, 5) is 17.1. The van der Waals surface area contributed by atoms with Gasteiger partial charge >= 0.3 is 0 Å². The van der Waals surface area contributed by atoms with E-state index >= 15 is 0 Å². The van der Waals surface area contributed by atoms with Crippen molar-refractivity contribution in [2.45, 2.75) is 45.7 Å². The van der Waals surface area contributed by atoms with Gasteiger partial charge in [0, 0.05) is 17.8 Å². The van der Waals surface area contributed by atoms with Gasteiger partial charge in [-0.1, -0.05) is 11.6 Å². The summed E-state index contributed by atoms with van der Waals surface area (Å²) in [5.74, 6) is 0.342. The van der Waals surface area contributed by atoms with Crippen molar-refractivity contribution in [2.24, 2.45) is 0 Å². The van der Waals surface area contributed by atoms with E-state index in [0.717, 1.165) is 30.8 Å². The van der Waals surface area contributed by atoms with Crippen molar-refractivity contribution in [1.29, 1.82) is 0 Å². The number of pyridine rings is 1. The first-order valence-electron chi connectivity index (χ1n) is 8.20. The zero-order valence-electron chi connectivity index (χ0n) is 14.1. The summed E-state index contributed by atoms with van der Waals surface area (Å²) >= 11 is 6.21. The molecular formula is C17H22ClN5O. The van der Waals surface area contributed by atoms with Gasteiger partial charge in [-0.3, -0.25) is 4.79 Å². The molecule has 2 aromatic heterocycles. The summed E-state index contributed by atoms with van der Waals surface area (Å²) in [7, 11) is 0. The highest BCUT2D eigenvalue weighted by Gasteiger charge is 2.24. The SMILES string of the molecule is Cc1cc(C)n(-c2ccc(Cl)c(C(=O)NC3CCCNC3C)n2)n1. The second kappa shape index (κ2) is 6.91. The average molecular weight is 348 g/mol. The van der Waals surface area contributed by atoms with Crippen molar-refractivity contribution in [3.8, 4) is 5.82 Å². The van der Waals surface area contributed by atoms with Gasteiger partial charge in [0.05, 0.1) is 10.7 Å². The molecule has 0 spiro atoms. The Bertz CT molecular complexity index is 757. The summed E-state index contributed by atoms with van der Waals surface area (Å²) < 4.78 is 1.72. The van der Waals surface area contributed by atoms with Crippen LogP contribution in [-0.2, 0) is 0 Å². The molecule has 2 atom stereocenters. The summed E-state index contributed by atoms with van der Waals surface area (Å²) in [6.07, 6.45) is 2.00. The molecule has 0 radical (unpaired) electrons. The van der Waals surface area contributed by atoms with Crippen LogP contribution in [0.25, 0.3) is 5.82 Å². The maximum absolute atomic E-state index is 12.6. The van der Waals surface area contributed by atoms with E-state index in [1.165, 1.54) is 0 Å². The number of nitrogens with zero attached hydrogens (tertiary/aromatic N) is 3. The van der Waals surface area contributed by atoms with Crippen molar-refractivity contribution in [3.63, 3.8) is 0 Å². The molecule has 0 aromatic carbocycles. The Kier molecular flexibility index (Phi) is 4.87. The monoisotopic (exact) mass is 347 g/mol. The van der Waals surface area contributed by atoms with Crippen molar-refractivity contribution < 1.29 is 4.79 Å². The van der Waals surface area contributed by atoms with Gasteiger partial charge in [0.1, 0.15) is 5.69 Å². The minimum absolute atomic E-state index is 0.0847. The number of aromatic nitrogens is 3. The van der Waals surface area contributed by atoms with Crippen LogP contribution in [0.1, 0.15) is 41.6 Å². The smallest absolute Gasteiger partial charge is 0.271 e. The van der Waals surface area contributed by atoms with Crippen molar-refractivity contribution in [1.82, 2.24) is 25.4 Å². The molecule has 1 fully saturated rings. The van der Waals surface area contributed by atoms with Gasteiger partial charge in [-0.15, -0.1) is 0 Å². The maximum atomic E-state index is 12.6. The van der Waals surface area contributed by atoms with E-state index in [1.54, 1.807) is 16.8 Å². The van der Waals surface area contributed by atoms with Gasteiger partial charge in [-0.25, -0.2) is 9.67 Å². The molecule has 1 saturated heterocycles. The maximum Gasteiger partial charge on any atom is 0.271 e. The van der Waals surface area contributed by atoms with E-state index in [9.17, 15) is 4.79 Å². The number of carbonyl (C=O) groups is 1. The number of nitrogens with one attached hydrogen (secondary N) is 2. The lowest BCUT2D eigenvalue weighted by atomic mass is 10.00. The minimum atomic E-state index is -0.246. The fraction of sp³-hybridized carbons (Fsp3) is 0.471. The highest BCUT2D eigenvalue weighted by atomic mass is 35.5. The van der Waals surface area contributed by atoms with Crippen LogP contribution >= 0.6 is 11.6 Å². The zero-order chi connectivity index (χ0) is 17.3. The van der Waals surface area contributed by atoms with Crippen LogP contribution in [0.15, 0.2) is 18.2 Å². The second-order valence-electron chi connectivity index (χ2n) is 6.30. The topological polar surface area (TPSA) is 71.8 Å². The lowest BCUT2D eigenvalue weighted by Crippen LogP contribution is -2.52. The van der Waals surface area contributed by atoms with E-state index in [0.29, 0.717) is 10.8 Å². The predicted octanol–water partition coefficient (Wildman–Crippen LogP) is 2.41. The third-order valence-electron chi connectivity index (χ3n) is 4.35. The Hall–Kier alpha value is -1.92. The highest BCUT2D eigenvalue weighted by Crippen LogP contribution is 2.18. The molecule has 6 nitrogen and oxygen atoms in total. The number of aryl methyl sites for hydroxylation is 2. The van der Waals surface area contributed by atoms with E-state index in [1.807, 2.05) is 19.9 Å². The number of hydrogen-bond acceptors (Lipinski definition) is 4. The third kappa shape index (κ3) is 3.44. The predicted molar refractivity (Wildman–Crippen MR) is 93.8 cm³/mol. The molecule has 3 rings (SSSR count). The van der Waals surface area contributed by atoms with E-state index in [4.69, 9.17) is 11.6 Å². The van der Waals surface area contributed by atoms with Crippen molar-refractivity contribution in [3.05, 3.63) is 40.3 Å². The van der Waals surface area contributed by atoms with E-state index in [-0.39, 0.29) is 23.7 Å². The van der Waals surface area contributed by atoms with Crippen LogP contribution in [0.5, 0.6) is 0 Å². The minimum Gasteiger partial charge on any atom is -0.346 e. The van der Waals surface area contributed by atoms with Crippen LogP contribution in [0.2, 0.25) is 5.02 Å². The lowest BCUT2D eigenvalue weighted by Gasteiger charge is -2.30. The Morgan fingerprint density at radius 1 is 1.42 bits per heavy atom. The van der Waals surface area contributed by atoms with Crippen molar-refractivity contribution >= 4 is 17.5 Å². The third-order valence-corrected chi connectivity index (χ3v) is 4.66. The first-order chi connectivity index (χ1) is 11.5. The van der Waals surface area contributed by atoms with Crippen LogP contribution in [0.4, 0.5) is 0 Å². The van der Waals surface area contributed by atoms with Gasteiger partial charge in [0.2, 0.25) is 0 Å². The summed E-state index contributed by atoms with van der Waals surface area (Å²) in [5, 5.41) is 11.2. The van der Waals surface area contributed by atoms with Crippen molar-refractivity contribution in [2.75, 3.05) is 6.54 Å². The Morgan fingerprint density at radius 2 is 2.21 bits per heavy atom. The van der Waals surface area contributed by atoms with Gasteiger partial charge in [0.25, 0.3) is 5.91 Å². The lowest BCUT2D eigenvalue weighted by molar-refractivity contribution is 0.0915. The number of rotatable bonds is 3. The largest absolute Gasteiger partial charge is 0.346 e. The first-order valence-corrected chi connectivity index (χ1v) is 8.58. The van der Waals surface area contributed by atoms with Crippen LogP contribution in [0, 0.1) is 13.8 Å². The number of halogens is 1. The average Bonchev–Trinajstić information content (AvgIpc) is 2.88. The molecule has 0 saturated carbocycles. The van der Waals surface area contributed by atoms with E-state index < -0.39 is 0 Å². The molecule has 1 amide bonds. The summed E-state index contributed by atoms with van der Waals surface area (Å²) in [6, 6.07) is 5.74. The molecule has 0 aliphatic carbocycles. The fourth-order valence-corrected chi connectivity index (χ4v) is 3.24. The Morgan fingerprint density at radius 3 is 2.88 bits per heavy atom. The molecule has 0 bridgehead atoms. The van der Waals surface area contributed by atoms with Crippen LogP contribution in [-0.4, -0.2) is 39.3 Å². The first kappa shape index (κ1) is 16.9. The van der Waals surface area contributed by atoms with Gasteiger partial charge < -0.3 is 10.6 Å². The zero-order valence-corrected chi connectivity index (χ0v) is 14.9. The fourth-order valence-electron chi connectivity index (χ4n) is 3.05. The Balaban J connectivity index is 1.86.